The standard InChI is InChI=1S/C17H11NO4/c19-16(9-7-15-8-10-17(22-15)18(20)21)14-6-5-12-3-1-2-4-13(12)11-14/h1-11H/b9-7+. The number of carbonyl (C=O) groups excluding carboxylic acids is 1. The lowest BCUT2D eigenvalue weighted by Gasteiger charge is -2.00. The average molecular weight is 293 g/mol. The third kappa shape index (κ3) is 2.78. The Hall–Kier alpha value is -3.21. The predicted octanol–water partition coefficient (Wildman–Crippen LogP) is 4.24. The maximum absolute atomic E-state index is 12.1. The molecule has 0 bridgehead atoms. The summed E-state index contributed by atoms with van der Waals surface area (Å²) in [6.07, 6.45) is 2.76. The van der Waals surface area contributed by atoms with Crippen LogP contribution in [0.2, 0.25) is 0 Å². The van der Waals surface area contributed by atoms with E-state index in [0.29, 0.717) is 5.56 Å². The van der Waals surface area contributed by atoms with Gasteiger partial charge in [-0.15, -0.1) is 0 Å². The first-order valence-electron chi connectivity index (χ1n) is 6.59. The smallest absolute Gasteiger partial charge is 0.401 e. The minimum absolute atomic E-state index is 0.190. The van der Waals surface area contributed by atoms with E-state index in [4.69, 9.17) is 4.42 Å². The lowest BCUT2D eigenvalue weighted by Crippen LogP contribution is -1.93. The van der Waals surface area contributed by atoms with Crippen LogP contribution in [0, 0.1) is 10.1 Å². The number of rotatable bonds is 4. The fourth-order valence-corrected chi connectivity index (χ4v) is 2.13. The van der Waals surface area contributed by atoms with E-state index in [1.165, 1.54) is 24.3 Å². The Morgan fingerprint density at radius 2 is 1.82 bits per heavy atom. The van der Waals surface area contributed by atoms with Gasteiger partial charge in [-0.1, -0.05) is 36.4 Å². The summed E-state index contributed by atoms with van der Waals surface area (Å²) in [5, 5.41) is 12.6. The number of nitro groups is 1. The van der Waals surface area contributed by atoms with Crippen LogP contribution >= 0.6 is 0 Å². The number of nitrogens with zero attached hydrogens (tertiary/aromatic N) is 1. The lowest BCUT2D eigenvalue weighted by molar-refractivity contribution is -0.402. The van der Waals surface area contributed by atoms with Crippen molar-refractivity contribution in [1.29, 1.82) is 0 Å². The van der Waals surface area contributed by atoms with E-state index in [1.807, 2.05) is 36.4 Å². The number of fused-ring (bicyclic) bond motifs is 1. The summed E-state index contributed by atoms with van der Waals surface area (Å²) < 4.78 is 4.96. The Kier molecular flexibility index (Phi) is 3.53. The van der Waals surface area contributed by atoms with Crippen molar-refractivity contribution in [2.24, 2.45) is 0 Å². The van der Waals surface area contributed by atoms with Crippen molar-refractivity contribution in [3.8, 4) is 0 Å². The Bertz CT molecular complexity index is 892. The monoisotopic (exact) mass is 293 g/mol. The summed E-state index contributed by atoms with van der Waals surface area (Å²) in [5.74, 6) is -0.275. The van der Waals surface area contributed by atoms with E-state index < -0.39 is 4.92 Å². The second kappa shape index (κ2) is 5.65. The first-order valence-corrected chi connectivity index (χ1v) is 6.59. The molecule has 0 fully saturated rings. The molecule has 108 valence electrons. The van der Waals surface area contributed by atoms with Gasteiger partial charge >= 0.3 is 5.88 Å². The van der Waals surface area contributed by atoms with Gasteiger partial charge in [0.25, 0.3) is 0 Å². The van der Waals surface area contributed by atoms with Crippen LogP contribution in [0.25, 0.3) is 16.8 Å². The van der Waals surface area contributed by atoms with E-state index in [0.717, 1.165) is 10.8 Å². The van der Waals surface area contributed by atoms with Gasteiger partial charge in [0.2, 0.25) is 0 Å². The molecule has 3 aromatic rings. The van der Waals surface area contributed by atoms with Crippen LogP contribution in [0.5, 0.6) is 0 Å². The second-order valence-corrected chi connectivity index (χ2v) is 4.69. The van der Waals surface area contributed by atoms with Crippen molar-refractivity contribution < 1.29 is 14.1 Å². The molecule has 1 aromatic heterocycles. The van der Waals surface area contributed by atoms with Gasteiger partial charge in [-0.2, -0.15) is 0 Å². The zero-order chi connectivity index (χ0) is 15.5. The van der Waals surface area contributed by atoms with E-state index >= 15 is 0 Å². The Morgan fingerprint density at radius 1 is 1.05 bits per heavy atom. The molecule has 5 heteroatoms. The number of allylic oxidation sites excluding steroid dienone is 1. The molecule has 0 aliphatic heterocycles. The van der Waals surface area contributed by atoms with Crippen LogP contribution in [0.3, 0.4) is 0 Å². The van der Waals surface area contributed by atoms with Crippen molar-refractivity contribution in [1.82, 2.24) is 0 Å². The highest BCUT2D eigenvalue weighted by molar-refractivity contribution is 6.08. The molecule has 0 saturated carbocycles. The molecule has 0 aliphatic rings. The van der Waals surface area contributed by atoms with Gasteiger partial charge in [0, 0.05) is 5.56 Å². The number of hydrogen-bond donors (Lipinski definition) is 0. The largest absolute Gasteiger partial charge is 0.433 e. The summed E-state index contributed by atoms with van der Waals surface area (Å²) in [5.41, 5.74) is 0.552. The minimum atomic E-state index is -0.623. The molecule has 2 aromatic carbocycles. The zero-order valence-corrected chi connectivity index (χ0v) is 11.4. The maximum Gasteiger partial charge on any atom is 0.433 e. The second-order valence-electron chi connectivity index (χ2n) is 4.69. The Balaban J connectivity index is 1.82. The SMILES string of the molecule is O=C(/C=C/c1ccc([N+](=O)[O-])o1)c1ccc2ccccc2c1. The van der Waals surface area contributed by atoms with Gasteiger partial charge in [-0.05, 0) is 35.1 Å². The third-order valence-electron chi connectivity index (χ3n) is 3.23. The van der Waals surface area contributed by atoms with Crippen LogP contribution in [-0.4, -0.2) is 10.7 Å². The normalized spacial score (nSPS) is 11.1. The summed E-state index contributed by atoms with van der Waals surface area (Å²) in [6.45, 7) is 0. The third-order valence-corrected chi connectivity index (χ3v) is 3.23. The molecule has 22 heavy (non-hydrogen) atoms. The average Bonchev–Trinajstić information content (AvgIpc) is 3.01. The van der Waals surface area contributed by atoms with Crippen LogP contribution in [0.4, 0.5) is 5.88 Å². The Labute approximate surface area is 125 Å². The van der Waals surface area contributed by atoms with E-state index in [2.05, 4.69) is 0 Å². The molecular weight excluding hydrogens is 282 g/mol. The number of ketones is 1. The lowest BCUT2D eigenvalue weighted by atomic mass is 10.0. The molecule has 0 aliphatic carbocycles. The maximum atomic E-state index is 12.1. The van der Waals surface area contributed by atoms with Crippen molar-refractivity contribution in [3.05, 3.63) is 82.1 Å². The highest BCUT2D eigenvalue weighted by Gasteiger charge is 2.10. The fourth-order valence-electron chi connectivity index (χ4n) is 2.13. The fraction of sp³-hybridized carbons (Fsp3) is 0. The van der Waals surface area contributed by atoms with Gasteiger partial charge in [-0.25, -0.2) is 0 Å². The van der Waals surface area contributed by atoms with Crippen LogP contribution in [0.15, 0.2) is 65.1 Å². The van der Waals surface area contributed by atoms with E-state index in [1.54, 1.807) is 6.07 Å². The topological polar surface area (TPSA) is 73.3 Å². The Morgan fingerprint density at radius 3 is 2.55 bits per heavy atom. The van der Waals surface area contributed by atoms with Gasteiger partial charge in [0.15, 0.2) is 5.78 Å². The molecule has 0 amide bonds. The van der Waals surface area contributed by atoms with Gasteiger partial charge < -0.3 is 4.42 Å². The van der Waals surface area contributed by atoms with Crippen molar-refractivity contribution in [2.75, 3.05) is 0 Å². The number of furan rings is 1. The summed E-state index contributed by atoms with van der Waals surface area (Å²) in [7, 11) is 0. The molecule has 0 atom stereocenters. The molecule has 0 unspecified atom stereocenters. The van der Waals surface area contributed by atoms with Crippen LogP contribution in [-0.2, 0) is 0 Å². The highest BCUT2D eigenvalue weighted by atomic mass is 16.6. The first kappa shape index (κ1) is 13.8. The molecule has 0 saturated heterocycles. The van der Waals surface area contributed by atoms with E-state index in [9.17, 15) is 14.9 Å². The molecule has 0 radical (unpaired) electrons. The number of hydrogen-bond acceptors (Lipinski definition) is 4. The van der Waals surface area contributed by atoms with Crippen molar-refractivity contribution in [3.63, 3.8) is 0 Å². The van der Waals surface area contributed by atoms with Crippen molar-refractivity contribution >= 4 is 28.5 Å². The van der Waals surface area contributed by atoms with Crippen molar-refractivity contribution in [2.45, 2.75) is 0 Å². The molecule has 1 heterocycles. The van der Waals surface area contributed by atoms with Crippen LogP contribution in [0.1, 0.15) is 16.1 Å². The molecule has 5 nitrogen and oxygen atoms in total. The number of benzene rings is 2. The van der Waals surface area contributed by atoms with E-state index in [-0.39, 0.29) is 17.4 Å². The molecule has 0 spiro atoms. The highest BCUT2D eigenvalue weighted by Crippen LogP contribution is 2.18. The first-order chi connectivity index (χ1) is 10.6. The van der Waals surface area contributed by atoms with Gasteiger partial charge in [0.1, 0.15) is 10.7 Å². The quantitative estimate of drug-likeness (QED) is 0.312. The minimum Gasteiger partial charge on any atom is -0.401 e. The summed E-state index contributed by atoms with van der Waals surface area (Å²) >= 11 is 0. The predicted molar refractivity (Wildman–Crippen MR) is 82.7 cm³/mol. The van der Waals surface area contributed by atoms with Gasteiger partial charge in [-0.3, -0.25) is 14.9 Å². The summed E-state index contributed by atoms with van der Waals surface area (Å²) in [6, 6.07) is 15.9. The summed E-state index contributed by atoms with van der Waals surface area (Å²) in [4.78, 5) is 22.0. The van der Waals surface area contributed by atoms with Crippen LogP contribution < -0.4 is 0 Å². The molecule has 0 N–H and O–H groups in total. The molecular formula is C17H11NO4. The number of carbonyl (C=O) groups is 1. The molecule has 3 rings (SSSR count). The van der Waals surface area contributed by atoms with Gasteiger partial charge in [0.05, 0.1) is 6.07 Å². The zero-order valence-electron chi connectivity index (χ0n) is 11.4.